The number of aromatic amines is 1. The van der Waals surface area contributed by atoms with Gasteiger partial charge in [0, 0.05) is 17.8 Å². The first kappa shape index (κ1) is 12.3. The second-order valence-corrected chi connectivity index (χ2v) is 4.29. The van der Waals surface area contributed by atoms with Gasteiger partial charge >= 0.3 is 0 Å². The van der Waals surface area contributed by atoms with Crippen molar-refractivity contribution in [3.63, 3.8) is 0 Å². The van der Waals surface area contributed by atoms with Crippen LogP contribution in [0.15, 0.2) is 47.1 Å². The second-order valence-electron chi connectivity index (χ2n) is 4.29. The van der Waals surface area contributed by atoms with Gasteiger partial charge in [-0.2, -0.15) is 0 Å². The van der Waals surface area contributed by atoms with Gasteiger partial charge in [0.1, 0.15) is 11.4 Å². The summed E-state index contributed by atoms with van der Waals surface area (Å²) in [5, 5.41) is 2.81. The molecule has 0 spiro atoms. The van der Waals surface area contributed by atoms with Crippen LogP contribution in [0.4, 0.5) is 5.69 Å². The SMILES string of the molecule is CCOc1ccc(NC(=O)c2cc3occc3[nH]2)cc1. The number of furan rings is 1. The van der Waals surface area contributed by atoms with Gasteiger partial charge in [-0.3, -0.25) is 4.79 Å². The van der Waals surface area contributed by atoms with E-state index in [1.54, 1.807) is 30.5 Å². The highest BCUT2D eigenvalue weighted by Crippen LogP contribution is 2.19. The van der Waals surface area contributed by atoms with Crippen LogP contribution in [0, 0.1) is 0 Å². The molecule has 0 fully saturated rings. The number of nitrogens with one attached hydrogen (secondary N) is 2. The van der Waals surface area contributed by atoms with Crippen LogP contribution in [0.25, 0.3) is 11.1 Å². The minimum absolute atomic E-state index is 0.208. The van der Waals surface area contributed by atoms with Crippen molar-refractivity contribution in [3.05, 3.63) is 48.4 Å². The molecule has 0 atom stereocenters. The third-order valence-electron chi connectivity index (χ3n) is 2.91. The molecule has 20 heavy (non-hydrogen) atoms. The Hall–Kier alpha value is -2.69. The van der Waals surface area contributed by atoms with Gasteiger partial charge in [0.25, 0.3) is 5.91 Å². The van der Waals surface area contributed by atoms with Gasteiger partial charge in [0.05, 0.1) is 18.4 Å². The quantitative estimate of drug-likeness (QED) is 0.763. The number of fused-ring (bicyclic) bond motifs is 1. The first-order chi connectivity index (χ1) is 9.76. The fourth-order valence-corrected chi connectivity index (χ4v) is 1.97. The lowest BCUT2D eigenvalue weighted by Crippen LogP contribution is -2.12. The van der Waals surface area contributed by atoms with E-state index in [0.717, 1.165) is 11.3 Å². The highest BCUT2D eigenvalue weighted by atomic mass is 16.5. The number of hydrogen-bond donors (Lipinski definition) is 2. The molecule has 0 bridgehead atoms. The maximum Gasteiger partial charge on any atom is 0.272 e. The van der Waals surface area contributed by atoms with Crippen molar-refractivity contribution in [1.82, 2.24) is 4.98 Å². The van der Waals surface area contributed by atoms with E-state index in [2.05, 4.69) is 10.3 Å². The summed E-state index contributed by atoms with van der Waals surface area (Å²) < 4.78 is 10.6. The van der Waals surface area contributed by atoms with Crippen LogP contribution in [0.2, 0.25) is 0 Å². The van der Waals surface area contributed by atoms with E-state index < -0.39 is 0 Å². The minimum atomic E-state index is -0.208. The maximum absolute atomic E-state index is 12.1. The van der Waals surface area contributed by atoms with Crippen molar-refractivity contribution in [2.24, 2.45) is 0 Å². The smallest absolute Gasteiger partial charge is 0.272 e. The topological polar surface area (TPSA) is 67.3 Å². The summed E-state index contributed by atoms with van der Waals surface area (Å²) in [7, 11) is 0. The van der Waals surface area contributed by atoms with Gasteiger partial charge in [-0.25, -0.2) is 0 Å². The lowest BCUT2D eigenvalue weighted by molar-refractivity contribution is 0.102. The molecule has 2 N–H and O–H groups in total. The number of carbonyl (C=O) groups is 1. The fourth-order valence-electron chi connectivity index (χ4n) is 1.97. The molecule has 0 saturated carbocycles. The molecule has 3 aromatic rings. The van der Waals surface area contributed by atoms with Gasteiger partial charge < -0.3 is 19.5 Å². The normalized spacial score (nSPS) is 10.7. The Balaban J connectivity index is 1.73. The molecule has 0 aliphatic heterocycles. The Kier molecular flexibility index (Phi) is 3.16. The van der Waals surface area contributed by atoms with Crippen LogP contribution in [0.5, 0.6) is 5.75 Å². The third-order valence-corrected chi connectivity index (χ3v) is 2.91. The Labute approximate surface area is 115 Å². The van der Waals surface area contributed by atoms with E-state index in [1.165, 1.54) is 0 Å². The van der Waals surface area contributed by atoms with Gasteiger partial charge in [-0.15, -0.1) is 0 Å². The van der Waals surface area contributed by atoms with E-state index in [0.29, 0.717) is 23.6 Å². The molecule has 0 aliphatic carbocycles. The molecule has 1 amide bonds. The Morgan fingerprint density at radius 3 is 2.80 bits per heavy atom. The van der Waals surface area contributed by atoms with E-state index in [-0.39, 0.29) is 5.91 Å². The summed E-state index contributed by atoms with van der Waals surface area (Å²) in [6.45, 7) is 2.55. The van der Waals surface area contributed by atoms with Crippen molar-refractivity contribution < 1.29 is 13.9 Å². The molecule has 0 radical (unpaired) electrons. The Morgan fingerprint density at radius 1 is 1.30 bits per heavy atom. The van der Waals surface area contributed by atoms with Crippen LogP contribution in [0.1, 0.15) is 17.4 Å². The standard InChI is InChI=1S/C15H14N2O3/c1-2-19-11-5-3-10(4-6-11)16-15(18)13-9-14-12(17-13)7-8-20-14/h3-9,17H,2H2,1H3,(H,16,18). The van der Waals surface area contributed by atoms with Crippen molar-refractivity contribution in [2.45, 2.75) is 6.92 Å². The summed E-state index contributed by atoms with van der Waals surface area (Å²) in [4.78, 5) is 15.1. The molecule has 3 rings (SSSR count). The zero-order valence-electron chi connectivity index (χ0n) is 11.0. The largest absolute Gasteiger partial charge is 0.494 e. The molecule has 2 aromatic heterocycles. The highest BCUT2D eigenvalue weighted by Gasteiger charge is 2.11. The Morgan fingerprint density at radius 2 is 2.10 bits per heavy atom. The van der Waals surface area contributed by atoms with Crippen molar-refractivity contribution in [3.8, 4) is 5.75 Å². The van der Waals surface area contributed by atoms with Crippen LogP contribution in [-0.4, -0.2) is 17.5 Å². The van der Waals surface area contributed by atoms with Crippen LogP contribution >= 0.6 is 0 Å². The average molecular weight is 270 g/mol. The summed E-state index contributed by atoms with van der Waals surface area (Å²) in [5.74, 6) is 0.573. The van der Waals surface area contributed by atoms with E-state index in [1.807, 2.05) is 19.1 Å². The van der Waals surface area contributed by atoms with Crippen LogP contribution in [0.3, 0.4) is 0 Å². The molecule has 5 heteroatoms. The van der Waals surface area contributed by atoms with E-state index in [4.69, 9.17) is 9.15 Å². The molecule has 0 aliphatic rings. The first-order valence-electron chi connectivity index (χ1n) is 6.36. The van der Waals surface area contributed by atoms with Crippen molar-refractivity contribution in [2.75, 3.05) is 11.9 Å². The number of aromatic nitrogens is 1. The van der Waals surface area contributed by atoms with Gasteiger partial charge in [-0.05, 0) is 31.2 Å². The Bertz CT molecular complexity index is 697. The van der Waals surface area contributed by atoms with Crippen LogP contribution in [-0.2, 0) is 0 Å². The second kappa shape index (κ2) is 5.13. The molecule has 5 nitrogen and oxygen atoms in total. The number of ether oxygens (including phenoxy) is 1. The number of rotatable bonds is 4. The van der Waals surface area contributed by atoms with Crippen molar-refractivity contribution in [1.29, 1.82) is 0 Å². The number of amides is 1. The van der Waals surface area contributed by atoms with Crippen LogP contribution < -0.4 is 10.1 Å². The minimum Gasteiger partial charge on any atom is -0.494 e. The first-order valence-corrected chi connectivity index (χ1v) is 6.36. The summed E-state index contributed by atoms with van der Waals surface area (Å²) in [5.41, 5.74) is 2.65. The van der Waals surface area contributed by atoms with Gasteiger partial charge in [-0.1, -0.05) is 0 Å². The lowest BCUT2D eigenvalue weighted by atomic mass is 10.3. The molecule has 0 unspecified atom stereocenters. The number of H-pyrrole nitrogens is 1. The number of anilines is 1. The summed E-state index contributed by atoms with van der Waals surface area (Å²) in [6, 6.07) is 10.7. The molecule has 2 heterocycles. The zero-order chi connectivity index (χ0) is 13.9. The predicted molar refractivity (Wildman–Crippen MR) is 76.1 cm³/mol. The fraction of sp³-hybridized carbons (Fsp3) is 0.133. The third kappa shape index (κ3) is 2.38. The molecule has 0 saturated heterocycles. The molecular formula is C15H14N2O3. The van der Waals surface area contributed by atoms with E-state index >= 15 is 0 Å². The van der Waals surface area contributed by atoms with Gasteiger partial charge in [0.2, 0.25) is 0 Å². The predicted octanol–water partition coefficient (Wildman–Crippen LogP) is 3.41. The average Bonchev–Trinajstić information content (AvgIpc) is 3.02. The monoisotopic (exact) mass is 270 g/mol. The number of carbonyl (C=O) groups excluding carboxylic acids is 1. The zero-order valence-corrected chi connectivity index (χ0v) is 11.0. The molecule has 1 aromatic carbocycles. The highest BCUT2D eigenvalue weighted by molar-refractivity contribution is 6.05. The van der Waals surface area contributed by atoms with Gasteiger partial charge in [0.15, 0.2) is 5.58 Å². The van der Waals surface area contributed by atoms with Crippen molar-refractivity contribution >= 4 is 22.7 Å². The molecule has 102 valence electrons. The lowest BCUT2D eigenvalue weighted by Gasteiger charge is -2.06. The maximum atomic E-state index is 12.1. The summed E-state index contributed by atoms with van der Waals surface area (Å²) >= 11 is 0. The van der Waals surface area contributed by atoms with E-state index in [9.17, 15) is 4.79 Å². The summed E-state index contributed by atoms with van der Waals surface area (Å²) in [6.07, 6.45) is 1.58. The molecular weight excluding hydrogens is 256 g/mol. The number of hydrogen-bond acceptors (Lipinski definition) is 3. The number of benzene rings is 1.